The highest BCUT2D eigenvalue weighted by molar-refractivity contribution is 5.13. The third kappa shape index (κ3) is 4.17. The smallest absolute Gasteiger partial charge is 0.00617 e. The maximum absolute atomic E-state index is 3.78. The lowest BCUT2D eigenvalue weighted by Crippen LogP contribution is -2.08. The fourth-order valence-electron chi connectivity index (χ4n) is 0.799. The second kappa shape index (κ2) is 4.97. The van der Waals surface area contributed by atoms with Crippen molar-refractivity contribution in [3.8, 4) is 0 Å². The van der Waals surface area contributed by atoms with Crippen LogP contribution in [0, 0.1) is 11.8 Å². The van der Waals surface area contributed by atoms with Crippen molar-refractivity contribution in [3.05, 3.63) is 43.4 Å². The number of hydrogen-bond acceptors (Lipinski definition) is 0. The lowest BCUT2D eigenvalue weighted by molar-refractivity contribution is 0.639. The molecule has 0 aromatic carbocycles. The fourth-order valence-corrected chi connectivity index (χ4v) is 0.799. The zero-order valence-corrected chi connectivity index (χ0v) is 8.43. The number of hydrogen-bond donors (Lipinski definition) is 0. The van der Waals surface area contributed by atoms with Gasteiger partial charge in [-0.15, -0.1) is 13.2 Å². The van der Waals surface area contributed by atoms with Crippen LogP contribution in [-0.2, 0) is 0 Å². The third-order valence-corrected chi connectivity index (χ3v) is 1.96. The molecule has 0 N–H and O–H groups in total. The maximum Gasteiger partial charge on any atom is 0.00617 e. The molecule has 0 aromatic rings. The molecular formula is C12H19. The summed E-state index contributed by atoms with van der Waals surface area (Å²) in [5, 5.41) is 0. The van der Waals surface area contributed by atoms with Crippen LogP contribution in [0.3, 0.4) is 0 Å². The van der Waals surface area contributed by atoms with Gasteiger partial charge in [-0.3, -0.25) is 0 Å². The molecule has 0 atom stereocenters. The summed E-state index contributed by atoms with van der Waals surface area (Å²) in [5.41, 5.74) is 1.33. The van der Waals surface area contributed by atoms with E-state index in [0.29, 0.717) is 0 Å². The van der Waals surface area contributed by atoms with Gasteiger partial charge >= 0.3 is 0 Å². The van der Waals surface area contributed by atoms with Crippen LogP contribution in [0.15, 0.2) is 37.0 Å². The molecule has 1 radical (unpaired) electrons. The number of rotatable bonds is 5. The standard InChI is InChI=1S/C12H19/c1-6-12(5,7-2)10-8-9-11(3)4/h6-7,9-10H,1-2,8H2,3-5H3. The summed E-state index contributed by atoms with van der Waals surface area (Å²) in [5.74, 6) is 0. The van der Waals surface area contributed by atoms with Crippen LogP contribution in [0.5, 0.6) is 0 Å². The summed E-state index contributed by atoms with van der Waals surface area (Å²) in [4.78, 5) is 0. The average molecular weight is 163 g/mol. The largest absolute Gasteiger partial charge is 0.102 e. The fraction of sp³-hybridized carbons (Fsp3) is 0.417. The first-order chi connectivity index (χ1) is 5.54. The lowest BCUT2D eigenvalue weighted by atomic mass is 9.86. The normalized spacial score (nSPS) is 10.6. The van der Waals surface area contributed by atoms with Gasteiger partial charge in [-0.1, -0.05) is 30.7 Å². The molecule has 0 spiro atoms. The first-order valence-corrected chi connectivity index (χ1v) is 4.29. The first-order valence-electron chi connectivity index (χ1n) is 4.29. The molecule has 0 bridgehead atoms. The molecule has 0 saturated carbocycles. The van der Waals surface area contributed by atoms with E-state index in [1.807, 2.05) is 12.2 Å². The molecule has 0 aliphatic heterocycles. The minimum absolute atomic E-state index is 0.0219. The van der Waals surface area contributed by atoms with Crippen LogP contribution >= 0.6 is 0 Å². The van der Waals surface area contributed by atoms with Gasteiger partial charge in [0.05, 0.1) is 0 Å². The lowest BCUT2D eigenvalue weighted by Gasteiger charge is -2.19. The molecule has 0 fully saturated rings. The third-order valence-electron chi connectivity index (χ3n) is 1.96. The van der Waals surface area contributed by atoms with E-state index >= 15 is 0 Å². The van der Waals surface area contributed by atoms with Crippen molar-refractivity contribution in [3.63, 3.8) is 0 Å². The Morgan fingerprint density at radius 2 is 1.75 bits per heavy atom. The highest BCUT2D eigenvalue weighted by atomic mass is 14.2. The summed E-state index contributed by atoms with van der Waals surface area (Å²) in [7, 11) is 0. The van der Waals surface area contributed by atoms with Gasteiger partial charge in [0, 0.05) is 5.41 Å². The summed E-state index contributed by atoms with van der Waals surface area (Å²) in [6.45, 7) is 13.9. The van der Waals surface area contributed by atoms with Crippen LogP contribution in [0.25, 0.3) is 0 Å². The van der Waals surface area contributed by atoms with Gasteiger partial charge in [0.2, 0.25) is 0 Å². The molecule has 67 valence electrons. The minimum Gasteiger partial charge on any atom is -0.102 e. The van der Waals surface area contributed by atoms with E-state index in [1.165, 1.54) is 5.57 Å². The molecule has 0 unspecified atom stereocenters. The molecule has 0 saturated heterocycles. The zero-order chi connectivity index (χ0) is 9.61. The van der Waals surface area contributed by atoms with Crippen LogP contribution in [0.2, 0.25) is 0 Å². The Bertz CT molecular complexity index is 172. The molecule has 0 rings (SSSR count). The quantitative estimate of drug-likeness (QED) is 0.539. The maximum atomic E-state index is 3.78. The zero-order valence-electron chi connectivity index (χ0n) is 8.43. The molecule has 0 aliphatic rings. The summed E-state index contributed by atoms with van der Waals surface area (Å²) < 4.78 is 0. The second-order valence-electron chi connectivity index (χ2n) is 3.50. The van der Waals surface area contributed by atoms with Crippen LogP contribution in [0.1, 0.15) is 27.2 Å². The Kier molecular flexibility index (Phi) is 4.65. The van der Waals surface area contributed by atoms with Crippen molar-refractivity contribution in [2.24, 2.45) is 5.41 Å². The summed E-state index contributed by atoms with van der Waals surface area (Å²) in [6, 6.07) is 0. The second-order valence-corrected chi connectivity index (χ2v) is 3.50. The van der Waals surface area contributed by atoms with Gasteiger partial charge in [0.15, 0.2) is 0 Å². The molecule has 12 heavy (non-hydrogen) atoms. The van der Waals surface area contributed by atoms with Crippen molar-refractivity contribution >= 4 is 0 Å². The van der Waals surface area contributed by atoms with Crippen molar-refractivity contribution < 1.29 is 0 Å². The number of allylic oxidation sites excluding steroid dienone is 4. The monoisotopic (exact) mass is 163 g/mol. The van der Waals surface area contributed by atoms with Crippen molar-refractivity contribution in [2.45, 2.75) is 27.2 Å². The Morgan fingerprint density at radius 3 is 2.08 bits per heavy atom. The van der Waals surface area contributed by atoms with Gasteiger partial charge in [-0.05, 0) is 26.7 Å². The van der Waals surface area contributed by atoms with Crippen LogP contribution in [0.4, 0.5) is 0 Å². The first kappa shape index (κ1) is 11.2. The Labute approximate surface area is 76.7 Å². The van der Waals surface area contributed by atoms with Crippen molar-refractivity contribution in [2.75, 3.05) is 0 Å². The summed E-state index contributed by atoms with van der Waals surface area (Å²) in [6.07, 6.45) is 9.22. The Balaban J connectivity index is 3.98. The molecule has 0 heterocycles. The van der Waals surface area contributed by atoms with E-state index in [2.05, 4.69) is 46.4 Å². The van der Waals surface area contributed by atoms with Gasteiger partial charge in [-0.2, -0.15) is 0 Å². The summed E-state index contributed by atoms with van der Waals surface area (Å²) >= 11 is 0. The van der Waals surface area contributed by atoms with Gasteiger partial charge in [0.25, 0.3) is 0 Å². The average Bonchev–Trinajstić information content (AvgIpc) is 2.03. The molecule has 0 heteroatoms. The van der Waals surface area contributed by atoms with Crippen molar-refractivity contribution in [1.82, 2.24) is 0 Å². The van der Waals surface area contributed by atoms with Gasteiger partial charge in [0.1, 0.15) is 0 Å². The highest BCUT2D eigenvalue weighted by Gasteiger charge is 2.13. The van der Waals surface area contributed by atoms with E-state index < -0.39 is 0 Å². The van der Waals surface area contributed by atoms with Crippen molar-refractivity contribution in [1.29, 1.82) is 0 Å². The van der Waals surface area contributed by atoms with E-state index in [4.69, 9.17) is 0 Å². The van der Waals surface area contributed by atoms with E-state index in [9.17, 15) is 0 Å². The molecule has 0 aromatic heterocycles. The molecule has 0 aliphatic carbocycles. The van der Waals surface area contributed by atoms with E-state index in [1.54, 1.807) is 0 Å². The Hall–Kier alpha value is -0.780. The van der Waals surface area contributed by atoms with Gasteiger partial charge in [-0.25, -0.2) is 0 Å². The molecule has 0 amide bonds. The van der Waals surface area contributed by atoms with E-state index in [-0.39, 0.29) is 5.41 Å². The van der Waals surface area contributed by atoms with Gasteiger partial charge < -0.3 is 0 Å². The molecular weight excluding hydrogens is 144 g/mol. The topological polar surface area (TPSA) is 0 Å². The predicted octanol–water partition coefficient (Wildman–Crippen LogP) is 3.93. The predicted molar refractivity (Wildman–Crippen MR) is 56.8 cm³/mol. The van der Waals surface area contributed by atoms with E-state index in [0.717, 1.165) is 6.42 Å². The SMILES string of the molecule is C=CC(C)([CH]CC=C(C)C)C=C. The Morgan fingerprint density at radius 1 is 1.25 bits per heavy atom. The van der Waals surface area contributed by atoms with Crippen LogP contribution in [-0.4, -0.2) is 0 Å². The van der Waals surface area contributed by atoms with Crippen LogP contribution < -0.4 is 0 Å². The molecule has 0 nitrogen and oxygen atoms in total. The highest BCUT2D eigenvalue weighted by Crippen LogP contribution is 2.24. The minimum atomic E-state index is -0.0219.